The number of aromatic amines is 1. The largest absolute Gasteiger partial charge is 0.344 e. The lowest BCUT2D eigenvalue weighted by atomic mass is 10.0. The molecule has 1 unspecified atom stereocenters. The number of imidazole rings is 1. The Morgan fingerprint density at radius 3 is 2.86 bits per heavy atom. The molecule has 3 aromatic rings. The van der Waals surface area contributed by atoms with Gasteiger partial charge < -0.3 is 10.3 Å². The molecule has 0 fully saturated rings. The number of carbonyl (C=O) groups excluding carboxylic acids is 1. The molecule has 3 rings (SSSR count). The zero-order valence-corrected chi connectivity index (χ0v) is 12.5. The first kappa shape index (κ1) is 14.2. The van der Waals surface area contributed by atoms with Crippen LogP contribution in [0.25, 0.3) is 11.0 Å². The van der Waals surface area contributed by atoms with Crippen molar-refractivity contribution in [3.8, 4) is 0 Å². The number of rotatable bonds is 5. The summed E-state index contributed by atoms with van der Waals surface area (Å²) in [5, 5.41) is 6.95. The molecule has 0 spiro atoms. The third-order valence-electron chi connectivity index (χ3n) is 3.46. The number of nitrogens with zero attached hydrogens (tertiary/aromatic N) is 4. The van der Waals surface area contributed by atoms with Gasteiger partial charge in [-0.15, -0.1) is 0 Å². The molecule has 1 atom stereocenters. The first-order valence-corrected chi connectivity index (χ1v) is 7.20. The normalized spacial score (nSPS) is 12.7. The quantitative estimate of drug-likeness (QED) is 0.750. The summed E-state index contributed by atoms with van der Waals surface area (Å²) in [4.78, 5) is 23.9. The van der Waals surface area contributed by atoms with E-state index in [9.17, 15) is 4.79 Å². The summed E-state index contributed by atoms with van der Waals surface area (Å²) in [6.07, 6.45) is 2.93. The second kappa shape index (κ2) is 5.97. The molecule has 2 aromatic heterocycles. The fourth-order valence-corrected chi connectivity index (χ4v) is 2.35. The van der Waals surface area contributed by atoms with Crippen molar-refractivity contribution in [3.05, 3.63) is 42.7 Å². The molecular formula is C15H18N6O. The van der Waals surface area contributed by atoms with Crippen LogP contribution in [0.1, 0.15) is 25.7 Å². The maximum Gasteiger partial charge on any atom is 0.242 e. The van der Waals surface area contributed by atoms with Crippen molar-refractivity contribution < 1.29 is 4.79 Å². The highest BCUT2D eigenvalue weighted by atomic mass is 16.2. The molecule has 2 N–H and O–H groups in total. The lowest BCUT2D eigenvalue weighted by Crippen LogP contribution is -2.35. The Morgan fingerprint density at radius 1 is 1.36 bits per heavy atom. The zero-order chi connectivity index (χ0) is 15.5. The van der Waals surface area contributed by atoms with Crippen molar-refractivity contribution >= 4 is 16.9 Å². The molecule has 0 saturated carbocycles. The molecule has 0 saturated heterocycles. The highest BCUT2D eigenvalue weighted by Crippen LogP contribution is 2.22. The standard InChI is InChI=1S/C15H18N6O/c1-10(2)14(20-13(22)7-21-9-16-8-17-21)15-18-11-5-3-4-6-12(11)19-15/h3-6,8-10,14H,7H2,1-2H3,(H,18,19)(H,20,22). The summed E-state index contributed by atoms with van der Waals surface area (Å²) in [5.41, 5.74) is 1.86. The molecule has 0 aliphatic rings. The van der Waals surface area contributed by atoms with Crippen LogP contribution in [0.2, 0.25) is 0 Å². The molecule has 114 valence electrons. The van der Waals surface area contributed by atoms with E-state index in [2.05, 4.69) is 25.4 Å². The Kier molecular flexibility index (Phi) is 3.86. The molecule has 2 heterocycles. The Morgan fingerprint density at radius 2 is 2.18 bits per heavy atom. The Balaban J connectivity index is 1.78. The van der Waals surface area contributed by atoms with E-state index in [1.165, 1.54) is 17.3 Å². The third kappa shape index (κ3) is 2.98. The van der Waals surface area contributed by atoms with Crippen LogP contribution in [0.5, 0.6) is 0 Å². The monoisotopic (exact) mass is 298 g/mol. The maximum absolute atomic E-state index is 12.2. The van der Waals surface area contributed by atoms with Crippen LogP contribution in [0.3, 0.4) is 0 Å². The summed E-state index contributed by atoms with van der Waals surface area (Å²) < 4.78 is 1.49. The number of para-hydroxylation sites is 2. The van der Waals surface area contributed by atoms with Gasteiger partial charge in [-0.2, -0.15) is 5.10 Å². The van der Waals surface area contributed by atoms with Gasteiger partial charge in [-0.25, -0.2) is 14.6 Å². The van der Waals surface area contributed by atoms with Gasteiger partial charge in [0.1, 0.15) is 25.0 Å². The summed E-state index contributed by atoms with van der Waals surface area (Å²) in [6.45, 7) is 4.24. The number of carbonyl (C=O) groups is 1. The topological polar surface area (TPSA) is 88.5 Å². The highest BCUT2D eigenvalue weighted by molar-refractivity contribution is 5.77. The smallest absolute Gasteiger partial charge is 0.242 e. The van der Waals surface area contributed by atoms with Crippen molar-refractivity contribution in [2.24, 2.45) is 5.92 Å². The average molecular weight is 298 g/mol. The van der Waals surface area contributed by atoms with E-state index in [1.807, 2.05) is 38.1 Å². The van der Waals surface area contributed by atoms with Crippen molar-refractivity contribution in [2.45, 2.75) is 26.4 Å². The fraction of sp³-hybridized carbons (Fsp3) is 0.333. The number of aromatic nitrogens is 5. The lowest BCUT2D eigenvalue weighted by Gasteiger charge is -2.20. The number of benzene rings is 1. The van der Waals surface area contributed by atoms with Gasteiger partial charge in [0.05, 0.1) is 17.1 Å². The predicted molar refractivity (Wildman–Crippen MR) is 81.8 cm³/mol. The summed E-state index contributed by atoms with van der Waals surface area (Å²) in [5.74, 6) is 0.855. The van der Waals surface area contributed by atoms with Crippen LogP contribution >= 0.6 is 0 Å². The van der Waals surface area contributed by atoms with E-state index >= 15 is 0 Å². The van der Waals surface area contributed by atoms with Crippen LogP contribution in [-0.2, 0) is 11.3 Å². The molecule has 0 aliphatic carbocycles. The molecule has 7 heteroatoms. The minimum absolute atomic E-state index is 0.121. The van der Waals surface area contributed by atoms with E-state index < -0.39 is 0 Å². The Labute approximate surface area is 127 Å². The number of hydrogen-bond acceptors (Lipinski definition) is 4. The molecule has 7 nitrogen and oxygen atoms in total. The minimum atomic E-state index is -0.177. The van der Waals surface area contributed by atoms with Gasteiger partial charge in [-0.1, -0.05) is 26.0 Å². The van der Waals surface area contributed by atoms with E-state index in [0.29, 0.717) is 0 Å². The van der Waals surface area contributed by atoms with Crippen LogP contribution in [0.15, 0.2) is 36.9 Å². The molecule has 1 amide bonds. The van der Waals surface area contributed by atoms with E-state index in [-0.39, 0.29) is 24.4 Å². The van der Waals surface area contributed by atoms with Crippen molar-refractivity contribution in [1.82, 2.24) is 30.0 Å². The van der Waals surface area contributed by atoms with Gasteiger partial charge in [0.25, 0.3) is 0 Å². The molecular weight excluding hydrogens is 280 g/mol. The van der Waals surface area contributed by atoms with Crippen LogP contribution in [0.4, 0.5) is 0 Å². The van der Waals surface area contributed by atoms with E-state index in [1.54, 1.807) is 0 Å². The van der Waals surface area contributed by atoms with Crippen LogP contribution in [-0.4, -0.2) is 30.6 Å². The van der Waals surface area contributed by atoms with Gasteiger partial charge in [0, 0.05) is 0 Å². The predicted octanol–water partition coefficient (Wildman–Crippen LogP) is 1.67. The van der Waals surface area contributed by atoms with Crippen LogP contribution < -0.4 is 5.32 Å². The number of amides is 1. The molecule has 22 heavy (non-hydrogen) atoms. The van der Waals surface area contributed by atoms with Crippen LogP contribution in [0, 0.1) is 5.92 Å². The highest BCUT2D eigenvalue weighted by Gasteiger charge is 2.21. The number of fused-ring (bicyclic) bond motifs is 1. The first-order valence-electron chi connectivity index (χ1n) is 7.20. The zero-order valence-electron chi connectivity index (χ0n) is 12.5. The first-order chi connectivity index (χ1) is 10.6. The van der Waals surface area contributed by atoms with Crippen molar-refractivity contribution in [1.29, 1.82) is 0 Å². The molecule has 0 aliphatic heterocycles. The molecule has 0 radical (unpaired) electrons. The van der Waals surface area contributed by atoms with E-state index in [4.69, 9.17) is 0 Å². The van der Waals surface area contributed by atoms with Gasteiger partial charge in [-0.05, 0) is 18.1 Å². The van der Waals surface area contributed by atoms with Crippen molar-refractivity contribution in [3.63, 3.8) is 0 Å². The fourth-order valence-electron chi connectivity index (χ4n) is 2.35. The Hall–Kier alpha value is -2.70. The lowest BCUT2D eigenvalue weighted by molar-refractivity contribution is -0.123. The minimum Gasteiger partial charge on any atom is -0.344 e. The van der Waals surface area contributed by atoms with E-state index in [0.717, 1.165) is 16.9 Å². The summed E-state index contributed by atoms with van der Waals surface area (Å²) >= 11 is 0. The third-order valence-corrected chi connectivity index (χ3v) is 3.46. The summed E-state index contributed by atoms with van der Waals surface area (Å²) in [7, 11) is 0. The number of nitrogens with one attached hydrogen (secondary N) is 2. The molecule has 1 aromatic carbocycles. The second-order valence-corrected chi connectivity index (χ2v) is 5.52. The Bertz CT molecular complexity index is 728. The maximum atomic E-state index is 12.2. The number of H-pyrrole nitrogens is 1. The second-order valence-electron chi connectivity index (χ2n) is 5.52. The van der Waals surface area contributed by atoms with Crippen molar-refractivity contribution in [2.75, 3.05) is 0 Å². The summed E-state index contributed by atoms with van der Waals surface area (Å²) in [6, 6.07) is 7.65. The average Bonchev–Trinajstić information content (AvgIpc) is 3.12. The molecule has 0 bridgehead atoms. The van der Waals surface area contributed by atoms with Gasteiger partial charge in [-0.3, -0.25) is 4.79 Å². The number of hydrogen-bond donors (Lipinski definition) is 2. The van der Waals surface area contributed by atoms with Gasteiger partial charge >= 0.3 is 0 Å². The SMILES string of the molecule is CC(C)C(NC(=O)Cn1cncn1)c1nc2ccccc2[nH]1. The van der Waals surface area contributed by atoms with Gasteiger partial charge in [0.2, 0.25) is 5.91 Å². The van der Waals surface area contributed by atoms with Gasteiger partial charge in [0.15, 0.2) is 0 Å².